The second-order valence-electron chi connectivity index (χ2n) is 5.46. The Morgan fingerprint density at radius 3 is 2.58 bits per heavy atom. The molecule has 19 heavy (non-hydrogen) atoms. The van der Waals surface area contributed by atoms with Crippen LogP contribution in [0.15, 0.2) is 24.3 Å². The summed E-state index contributed by atoms with van der Waals surface area (Å²) in [6.07, 6.45) is 3.70. The summed E-state index contributed by atoms with van der Waals surface area (Å²) in [6.45, 7) is 10.8. The third-order valence-electron chi connectivity index (χ3n) is 3.24. The number of ether oxygens (including phenoxy) is 1. The van der Waals surface area contributed by atoms with Crippen LogP contribution in [0.25, 0.3) is 0 Å². The van der Waals surface area contributed by atoms with E-state index < -0.39 is 0 Å². The summed E-state index contributed by atoms with van der Waals surface area (Å²) in [6, 6.07) is 8.50. The van der Waals surface area contributed by atoms with Gasteiger partial charge in [-0.2, -0.15) is 0 Å². The Balaban J connectivity index is 2.59. The lowest BCUT2D eigenvalue weighted by atomic mass is 10.0. The van der Waals surface area contributed by atoms with Gasteiger partial charge >= 0.3 is 0 Å². The minimum absolute atomic E-state index is 0.277. The van der Waals surface area contributed by atoms with E-state index in [0.29, 0.717) is 5.92 Å². The molecule has 0 aromatic heterocycles. The van der Waals surface area contributed by atoms with E-state index in [2.05, 4.69) is 57.3 Å². The van der Waals surface area contributed by atoms with Gasteiger partial charge in [0.2, 0.25) is 0 Å². The van der Waals surface area contributed by atoms with E-state index in [1.54, 1.807) is 0 Å². The predicted molar refractivity (Wildman–Crippen MR) is 83.0 cm³/mol. The summed E-state index contributed by atoms with van der Waals surface area (Å²) in [7, 11) is 0. The second kappa shape index (κ2) is 8.98. The third-order valence-corrected chi connectivity index (χ3v) is 3.24. The van der Waals surface area contributed by atoms with E-state index in [1.165, 1.54) is 12.0 Å². The molecule has 2 heteroatoms. The van der Waals surface area contributed by atoms with Crippen molar-refractivity contribution in [2.75, 3.05) is 13.1 Å². The van der Waals surface area contributed by atoms with Crippen molar-refractivity contribution in [3.05, 3.63) is 29.8 Å². The topological polar surface area (TPSA) is 21.3 Å². The predicted octanol–water partition coefficient (Wildman–Crippen LogP) is 4.36. The third kappa shape index (κ3) is 6.11. The SMILES string of the molecule is CCCNCC(CCC)Oc1cccc(C(C)C)c1. The molecule has 1 atom stereocenters. The Kier molecular flexibility index (Phi) is 7.57. The average molecular weight is 263 g/mol. The summed E-state index contributed by atoms with van der Waals surface area (Å²) in [5, 5.41) is 3.45. The summed E-state index contributed by atoms with van der Waals surface area (Å²) >= 11 is 0. The molecule has 0 spiro atoms. The molecule has 108 valence electrons. The van der Waals surface area contributed by atoms with Crippen LogP contribution in [0.1, 0.15) is 58.4 Å². The minimum Gasteiger partial charge on any atom is -0.489 e. The van der Waals surface area contributed by atoms with Crippen LogP contribution in [0.4, 0.5) is 0 Å². The lowest BCUT2D eigenvalue weighted by Crippen LogP contribution is -2.31. The lowest BCUT2D eigenvalue weighted by Gasteiger charge is -2.20. The van der Waals surface area contributed by atoms with Crippen LogP contribution in [0.5, 0.6) is 5.75 Å². The molecule has 1 aromatic rings. The van der Waals surface area contributed by atoms with Gasteiger partial charge in [0, 0.05) is 6.54 Å². The van der Waals surface area contributed by atoms with Gasteiger partial charge in [-0.25, -0.2) is 0 Å². The molecule has 0 saturated carbocycles. The number of hydrogen-bond acceptors (Lipinski definition) is 2. The smallest absolute Gasteiger partial charge is 0.120 e. The Labute approximate surface area is 118 Å². The average Bonchev–Trinajstić information content (AvgIpc) is 2.39. The summed E-state index contributed by atoms with van der Waals surface area (Å²) in [5.41, 5.74) is 1.34. The van der Waals surface area contributed by atoms with Gasteiger partial charge in [-0.15, -0.1) is 0 Å². The highest BCUT2D eigenvalue weighted by molar-refractivity contribution is 5.30. The zero-order valence-electron chi connectivity index (χ0n) is 12.9. The summed E-state index contributed by atoms with van der Waals surface area (Å²) < 4.78 is 6.13. The van der Waals surface area contributed by atoms with Gasteiger partial charge < -0.3 is 10.1 Å². The van der Waals surface area contributed by atoms with Crippen molar-refractivity contribution >= 4 is 0 Å². The van der Waals surface area contributed by atoms with Crippen molar-refractivity contribution in [1.29, 1.82) is 0 Å². The molecule has 1 rings (SSSR count). The Morgan fingerprint density at radius 1 is 1.16 bits per heavy atom. The van der Waals surface area contributed by atoms with Gasteiger partial charge in [0.1, 0.15) is 11.9 Å². The number of rotatable bonds is 9. The van der Waals surface area contributed by atoms with Crippen LogP contribution in [0, 0.1) is 0 Å². The Bertz CT molecular complexity index is 349. The highest BCUT2D eigenvalue weighted by Crippen LogP contribution is 2.21. The molecule has 0 amide bonds. The first-order chi connectivity index (χ1) is 9.17. The first kappa shape index (κ1) is 16.0. The molecule has 2 nitrogen and oxygen atoms in total. The minimum atomic E-state index is 0.277. The molecule has 1 unspecified atom stereocenters. The fraction of sp³-hybridized carbons (Fsp3) is 0.647. The van der Waals surface area contributed by atoms with Crippen molar-refractivity contribution in [2.45, 2.75) is 59.0 Å². The Morgan fingerprint density at radius 2 is 1.95 bits per heavy atom. The van der Waals surface area contributed by atoms with Crippen molar-refractivity contribution in [3.63, 3.8) is 0 Å². The maximum Gasteiger partial charge on any atom is 0.120 e. The maximum absolute atomic E-state index is 6.13. The van der Waals surface area contributed by atoms with Crippen LogP contribution < -0.4 is 10.1 Å². The van der Waals surface area contributed by atoms with Crippen molar-refractivity contribution in [3.8, 4) is 5.75 Å². The van der Waals surface area contributed by atoms with Gasteiger partial charge in [-0.1, -0.05) is 46.2 Å². The van der Waals surface area contributed by atoms with Crippen LogP contribution in [-0.4, -0.2) is 19.2 Å². The number of hydrogen-bond donors (Lipinski definition) is 1. The summed E-state index contributed by atoms with van der Waals surface area (Å²) in [4.78, 5) is 0. The second-order valence-corrected chi connectivity index (χ2v) is 5.46. The highest BCUT2D eigenvalue weighted by atomic mass is 16.5. The van der Waals surface area contributed by atoms with Crippen molar-refractivity contribution < 1.29 is 4.74 Å². The van der Waals surface area contributed by atoms with Crippen LogP contribution in [0.3, 0.4) is 0 Å². The zero-order chi connectivity index (χ0) is 14.1. The molecular weight excluding hydrogens is 234 g/mol. The van der Waals surface area contributed by atoms with Crippen LogP contribution >= 0.6 is 0 Å². The molecule has 0 heterocycles. The Hall–Kier alpha value is -1.02. The normalized spacial score (nSPS) is 12.7. The number of nitrogens with one attached hydrogen (secondary N) is 1. The van der Waals surface area contributed by atoms with Crippen molar-refractivity contribution in [2.24, 2.45) is 0 Å². The van der Waals surface area contributed by atoms with E-state index in [-0.39, 0.29) is 6.10 Å². The van der Waals surface area contributed by atoms with Crippen LogP contribution in [0.2, 0.25) is 0 Å². The lowest BCUT2D eigenvalue weighted by molar-refractivity contribution is 0.186. The largest absolute Gasteiger partial charge is 0.489 e. The van der Waals surface area contributed by atoms with E-state index in [0.717, 1.165) is 31.7 Å². The molecule has 1 aromatic carbocycles. The molecule has 0 aliphatic rings. The van der Waals surface area contributed by atoms with Gasteiger partial charge in [-0.05, 0) is 43.0 Å². The first-order valence-corrected chi connectivity index (χ1v) is 7.64. The van der Waals surface area contributed by atoms with E-state index >= 15 is 0 Å². The van der Waals surface area contributed by atoms with Crippen LogP contribution in [-0.2, 0) is 0 Å². The molecule has 1 N–H and O–H groups in total. The molecule has 0 bridgehead atoms. The van der Waals surface area contributed by atoms with E-state index in [4.69, 9.17) is 4.74 Å². The quantitative estimate of drug-likeness (QED) is 0.668. The molecule has 0 aliphatic heterocycles. The fourth-order valence-corrected chi connectivity index (χ4v) is 2.10. The summed E-state index contributed by atoms with van der Waals surface area (Å²) in [5.74, 6) is 1.55. The van der Waals surface area contributed by atoms with Crippen molar-refractivity contribution in [1.82, 2.24) is 5.32 Å². The van der Waals surface area contributed by atoms with Gasteiger partial charge in [0.15, 0.2) is 0 Å². The number of benzene rings is 1. The fourth-order valence-electron chi connectivity index (χ4n) is 2.10. The molecular formula is C17H29NO. The zero-order valence-corrected chi connectivity index (χ0v) is 12.9. The van der Waals surface area contributed by atoms with E-state index in [1.807, 2.05) is 0 Å². The molecule has 0 saturated heterocycles. The maximum atomic E-state index is 6.13. The van der Waals surface area contributed by atoms with Gasteiger partial charge in [0.25, 0.3) is 0 Å². The van der Waals surface area contributed by atoms with E-state index in [9.17, 15) is 0 Å². The first-order valence-electron chi connectivity index (χ1n) is 7.64. The van der Waals surface area contributed by atoms with Gasteiger partial charge in [0.05, 0.1) is 0 Å². The monoisotopic (exact) mass is 263 g/mol. The molecule has 0 fully saturated rings. The molecule has 0 aliphatic carbocycles. The van der Waals surface area contributed by atoms with Gasteiger partial charge in [-0.3, -0.25) is 0 Å². The molecule has 0 radical (unpaired) electrons. The standard InChI is InChI=1S/C17H29NO/c1-5-8-17(13-18-11-6-2)19-16-10-7-9-15(12-16)14(3)4/h7,9-10,12,14,17-18H,5-6,8,11,13H2,1-4H3. The highest BCUT2D eigenvalue weighted by Gasteiger charge is 2.10.